The zero-order chi connectivity index (χ0) is 31.1. The van der Waals surface area contributed by atoms with E-state index in [4.69, 9.17) is 9.47 Å². The van der Waals surface area contributed by atoms with Gasteiger partial charge in [0.05, 0.1) is 24.8 Å². The van der Waals surface area contributed by atoms with E-state index in [0.29, 0.717) is 35.1 Å². The Morgan fingerprint density at radius 3 is 2.50 bits per heavy atom. The molecule has 0 saturated heterocycles. The highest BCUT2D eigenvalue weighted by Gasteiger charge is 2.15. The molecular formula is C34H38N4O5S. The number of imidazole rings is 1. The summed E-state index contributed by atoms with van der Waals surface area (Å²) in [7, 11) is 0. The quantitative estimate of drug-likeness (QED) is 0.0569. The van der Waals surface area contributed by atoms with Crippen LogP contribution in [0.4, 0.5) is 11.4 Å². The average molecular weight is 615 g/mol. The lowest BCUT2D eigenvalue weighted by Crippen LogP contribution is -2.11. The molecule has 1 heterocycles. The van der Waals surface area contributed by atoms with Crippen molar-refractivity contribution in [3.05, 3.63) is 101 Å². The second-order valence-electron chi connectivity index (χ2n) is 10.1. The Hall–Kier alpha value is -4.25. The lowest BCUT2D eigenvalue weighted by atomic mass is 10.0. The van der Waals surface area contributed by atoms with E-state index in [1.54, 1.807) is 48.9 Å². The average Bonchev–Trinajstić information content (AvgIpc) is 3.48. The second-order valence-corrected chi connectivity index (χ2v) is 11.6. The summed E-state index contributed by atoms with van der Waals surface area (Å²) in [4.78, 5) is 28.9. The number of nitrogens with one attached hydrogen (secondary N) is 1. The number of carbonyl (C=O) groups is 1. The molecule has 0 spiro atoms. The molecule has 0 saturated carbocycles. The van der Waals surface area contributed by atoms with Gasteiger partial charge in [0.25, 0.3) is 0 Å². The van der Waals surface area contributed by atoms with Crippen LogP contribution in [0.3, 0.4) is 0 Å². The number of rotatable bonds is 17. The van der Waals surface area contributed by atoms with Crippen molar-refractivity contribution in [2.75, 3.05) is 25.1 Å². The fourth-order valence-electron chi connectivity index (χ4n) is 4.43. The molecule has 0 radical (unpaired) electrons. The minimum absolute atomic E-state index is 0.230. The first kappa shape index (κ1) is 32.7. The molecule has 10 heteroatoms. The summed E-state index contributed by atoms with van der Waals surface area (Å²) in [6, 6.07) is 19.8. The van der Waals surface area contributed by atoms with Crippen molar-refractivity contribution in [3.8, 4) is 16.9 Å². The van der Waals surface area contributed by atoms with Crippen molar-refractivity contribution in [1.29, 1.82) is 0 Å². The number of carbonyl (C=O) groups excluding carboxylic acids is 1. The van der Waals surface area contributed by atoms with E-state index in [1.165, 1.54) is 6.08 Å². The number of ether oxygens (including phenoxy) is 2. The molecule has 0 fully saturated rings. The fraction of sp³-hybridized carbons (Fsp3) is 0.294. The molecule has 1 amide bonds. The van der Waals surface area contributed by atoms with E-state index in [1.807, 2.05) is 41.0 Å². The van der Waals surface area contributed by atoms with Crippen LogP contribution in [0, 0.1) is 4.91 Å². The van der Waals surface area contributed by atoms with Crippen LogP contribution >= 0.6 is 0 Å². The lowest BCUT2D eigenvalue weighted by molar-refractivity contribution is -0.111. The number of anilines is 1. The van der Waals surface area contributed by atoms with Crippen molar-refractivity contribution in [1.82, 2.24) is 9.55 Å². The molecular weight excluding hydrogens is 576 g/mol. The van der Waals surface area contributed by atoms with Crippen LogP contribution in [-0.4, -0.2) is 39.8 Å². The van der Waals surface area contributed by atoms with Crippen molar-refractivity contribution in [2.24, 2.45) is 5.18 Å². The summed E-state index contributed by atoms with van der Waals surface area (Å²) in [5.41, 5.74) is 4.03. The van der Waals surface area contributed by atoms with E-state index in [0.717, 1.165) is 55.0 Å². The first-order valence-electron chi connectivity index (χ1n) is 14.8. The van der Waals surface area contributed by atoms with E-state index >= 15 is 0 Å². The van der Waals surface area contributed by atoms with Gasteiger partial charge in [-0.25, -0.2) is 4.98 Å². The molecule has 0 aliphatic heterocycles. The summed E-state index contributed by atoms with van der Waals surface area (Å²) in [5, 5.41) is 5.91. The number of nitroso groups, excluding NO2 is 1. The van der Waals surface area contributed by atoms with Gasteiger partial charge in [0.2, 0.25) is 5.91 Å². The Morgan fingerprint density at radius 1 is 1.00 bits per heavy atom. The van der Waals surface area contributed by atoms with Crippen molar-refractivity contribution < 1.29 is 18.8 Å². The van der Waals surface area contributed by atoms with Crippen LogP contribution in [0.25, 0.3) is 17.2 Å². The number of nitrogens with zero attached hydrogens (tertiary/aromatic N) is 3. The van der Waals surface area contributed by atoms with Gasteiger partial charge >= 0.3 is 0 Å². The maximum absolute atomic E-state index is 12.9. The van der Waals surface area contributed by atoms with Gasteiger partial charge in [0.1, 0.15) is 18.0 Å². The smallest absolute Gasteiger partial charge is 0.248 e. The minimum atomic E-state index is -1.24. The SMILES string of the molecule is CCCCOCCOc1ccc(-c2ccc(N=O)c(/C=C/C(=O)Nc3ccc([S@@+]([O-])Cc4cncn4CCC)cc3)c2)cc1. The number of aromatic nitrogens is 2. The first-order valence-corrected chi connectivity index (χ1v) is 16.1. The molecule has 230 valence electrons. The largest absolute Gasteiger partial charge is 0.611 e. The molecule has 1 aromatic heterocycles. The third-order valence-corrected chi connectivity index (χ3v) is 8.15. The maximum Gasteiger partial charge on any atom is 0.248 e. The lowest BCUT2D eigenvalue weighted by Gasteiger charge is -2.12. The topological polar surface area (TPSA) is 118 Å². The van der Waals surface area contributed by atoms with Gasteiger partial charge in [-0.15, -0.1) is 4.91 Å². The summed E-state index contributed by atoms with van der Waals surface area (Å²) >= 11 is -1.24. The van der Waals surface area contributed by atoms with Gasteiger partial charge in [0, 0.05) is 30.5 Å². The first-order chi connectivity index (χ1) is 21.5. The fourth-order valence-corrected chi connectivity index (χ4v) is 5.54. The van der Waals surface area contributed by atoms with E-state index in [2.05, 4.69) is 29.3 Å². The Morgan fingerprint density at radius 2 is 1.77 bits per heavy atom. The Bertz CT molecular complexity index is 1520. The van der Waals surface area contributed by atoms with Gasteiger partial charge < -0.3 is 23.9 Å². The minimum Gasteiger partial charge on any atom is -0.611 e. The van der Waals surface area contributed by atoms with Crippen molar-refractivity contribution in [2.45, 2.75) is 50.3 Å². The zero-order valence-corrected chi connectivity index (χ0v) is 25.9. The zero-order valence-electron chi connectivity index (χ0n) is 25.1. The number of amides is 1. The predicted octanol–water partition coefficient (Wildman–Crippen LogP) is 7.51. The summed E-state index contributed by atoms with van der Waals surface area (Å²) in [6.45, 7) is 6.81. The van der Waals surface area contributed by atoms with E-state index < -0.39 is 11.2 Å². The normalized spacial score (nSPS) is 11.9. The molecule has 0 aliphatic carbocycles. The van der Waals surface area contributed by atoms with Crippen LogP contribution in [0.2, 0.25) is 0 Å². The number of unbranched alkanes of at least 4 members (excludes halogenated alkanes) is 1. The third kappa shape index (κ3) is 9.63. The highest BCUT2D eigenvalue weighted by Crippen LogP contribution is 2.29. The Labute approximate surface area is 261 Å². The van der Waals surface area contributed by atoms with Gasteiger partial charge in [-0.1, -0.05) is 38.5 Å². The predicted molar refractivity (Wildman–Crippen MR) is 175 cm³/mol. The standard InChI is InChI=1S/C34H38N4O5S/c1-3-5-19-42-20-21-43-31-12-6-26(7-13-31)27-8-16-33(37-40)28(22-27)9-17-34(39)36-29-10-14-32(15-11-29)44(41)24-30-23-35-25-38(30)18-4-2/h6-17,22-23,25H,3-5,18-21,24H2,1-2H3,(H,36,39)/b17-9+/t44-/m0/s1. The van der Waals surface area contributed by atoms with Gasteiger partial charge in [0.15, 0.2) is 10.6 Å². The molecule has 0 bridgehead atoms. The Balaban J connectivity index is 1.33. The molecule has 0 aliphatic rings. The number of benzene rings is 3. The maximum atomic E-state index is 12.9. The van der Waals surface area contributed by atoms with Crippen LogP contribution in [0.5, 0.6) is 5.75 Å². The number of hydrogen-bond acceptors (Lipinski definition) is 7. The van der Waals surface area contributed by atoms with Gasteiger partial charge in [-0.3, -0.25) is 4.79 Å². The molecule has 44 heavy (non-hydrogen) atoms. The van der Waals surface area contributed by atoms with Crippen LogP contribution in [0.15, 0.2) is 95.4 Å². The number of hydrogen-bond donors (Lipinski definition) is 1. The van der Waals surface area contributed by atoms with E-state index in [9.17, 15) is 14.3 Å². The number of aryl methyl sites for hydroxylation is 1. The summed E-state index contributed by atoms with van der Waals surface area (Å²) < 4.78 is 26.2. The van der Waals surface area contributed by atoms with Crippen molar-refractivity contribution >= 4 is 34.5 Å². The van der Waals surface area contributed by atoms with Gasteiger partial charge in [-0.2, -0.15) is 0 Å². The van der Waals surface area contributed by atoms with Crippen LogP contribution in [0.1, 0.15) is 44.4 Å². The van der Waals surface area contributed by atoms with Gasteiger partial charge in [-0.05, 0) is 94.9 Å². The van der Waals surface area contributed by atoms with Crippen LogP contribution < -0.4 is 10.1 Å². The van der Waals surface area contributed by atoms with Crippen LogP contribution in [-0.2, 0) is 33.0 Å². The molecule has 4 rings (SSSR count). The molecule has 0 unspecified atom stereocenters. The third-order valence-electron chi connectivity index (χ3n) is 6.79. The highest BCUT2D eigenvalue weighted by atomic mass is 32.2. The molecule has 9 nitrogen and oxygen atoms in total. The summed E-state index contributed by atoms with van der Waals surface area (Å²) in [5.74, 6) is 0.743. The second kappa shape index (κ2) is 17.1. The molecule has 3 aromatic carbocycles. The summed E-state index contributed by atoms with van der Waals surface area (Å²) in [6.07, 6.45) is 9.54. The monoisotopic (exact) mass is 614 g/mol. The van der Waals surface area contributed by atoms with E-state index in [-0.39, 0.29) is 11.6 Å². The highest BCUT2D eigenvalue weighted by molar-refractivity contribution is 7.90. The molecule has 1 atom stereocenters. The molecule has 1 N–H and O–H groups in total. The molecule has 4 aromatic rings. The Kier molecular flexibility index (Phi) is 12.7. The van der Waals surface area contributed by atoms with Crippen molar-refractivity contribution in [3.63, 3.8) is 0 Å².